The number of fused-ring (bicyclic) bond motifs is 1. The molecular formula is C8H13NO2+. The maximum atomic E-state index is 8.81. The molecule has 2 saturated heterocycles. The van der Waals surface area contributed by atoms with Gasteiger partial charge in [-0.3, -0.25) is 4.90 Å². The van der Waals surface area contributed by atoms with Gasteiger partial charge in [0.05, 0.1) is 6.04 Å². The lowest BCUT2D eigenvalue weighted by Crippen LogP contribution is -2.38. The van der Waals surface area contributed by atoms with E-state index >= 15 is 0 Å². The normalized spacial score (nSPS) is 27.5. The van der Waals surface area contributed by atoms with Gasteiger partial charge in [-0.2, -0.15) is 4.74 Å². The quantitative estimate of drug-likeness (QED) is 0.548. The molecule has 2 heterocycles. The Kier molecular flexibility index (Phi) is 2.02. The van der Waals surface area contributed by atoms with E-state index in [1.165, 1.54) is 18.9 Å². The smallest absolute Gasteiger partial charge is 0.283 e. The van der Waals surface area contributed by atoms with Gasteiger partial charge in [-0.15, -0.1) is 0 Å². The van der Waals surface area contributed by atoms with Crippen LogP contribution in [0.15, 0.2) is 0 Å². The molecule has 2 aliphatic heterocycles. The van der Waals surface area contributed by atoms with E-state index in [1.807, 2.05) is 0 Å². The first-order chi connectivity index (χ1) is 5.40. The van der Waals surface area contributed by atoms with E-state index in [-0.39, 0.29) is 6.61 Å². The summed E-state index contributed by atoms with van der Waals surface area (Å²) in [6.45, 7) is 2.73. The van der Waals surface area contributed by atoms with E-state index in [0.717, 1.165) is 19.2 Å². The number of hydrogen-bond acceptors (Lipinski definition) is 3. The summed E-state index contributed by atoms with van der Waals surface area (Å²) in [6.07, 6.45) is 3.24. The fourth-order valence-corrected chi connectivity index (χ4v) is 1.68. The van der Waals surface area contributed by atoms with Crippen molar-refractivity contribution in [2.75, 3.05) is 26.3 Å². The Morgan fingerprint density at radius 1 is 1.64 bits per heavy atom. The van der Waals surface area contributed by atoms with Crippen molar-refractivity contribution in [2.45, 2.75) is 12.8 Å². The highest BCUT2D eigenvalue weighted by Gasteiger charge is 2.39. The van der Waals surface area contributed by atoms with Crippen molar-refractivity contribution in [3.8, 4) is 0 Å². The van der Waals surface area contributed by atoms with Crippen LogP contribution in [0.3, 0.4) is 0 Å². The summed E-state index contributed by atoms with van der Waals surface area (Å²) in [7, 11) is 0. The van der Waals surface area contributed by atoms with Crippen LogP contribution in [0, 0.1) is 12.1 Å². The second kappa shape index (κ2) is 3.01. The molecule has 1 radical (unpaired) electrons. The van der Waals surface area contributed by atoms with Gasteiger partial charge in [-0.05, 0) is 12.8 Å². The zero-order valence-corrected chi connectivity index (χ0v) is 6.55. The minimum Gasteiger partial charge on any atom is -0.353 e. The number of nitrogens with zero attached hydrogens (tertiary/aromatic N) is 1. The van der Waals surface area contributed by atoms with Crippen LogP contribution in [0.25, 0.3) is 0 Å². The van der Waals surface area contributed by atoms with E-state index in [2.05, 4.69) is 4.90 Å². The Balaban J connectivity index is 1.91. The minimum atomic E-state index is 0.0732. The maximum absolute atomic E-state index is 8.81. The Morgan fingerprint density at radius 3 is 3.36 bits per heavy atom. The molecule has 0 aromatic carbocycles. The van der Waals surface area contributed by atoms with Gasteiger partial charge in [0.2, 0.25) is 6.61 Å². The molecule has 0 saturated carbocycles. The van der Waals surface area contributed by atoms with Gasteiger partial charge in [0, 0.05) is 6.54 Å². The fraction of sp³-hybridized carbons (Fsp3) is 0.750. The van der Waals surface area contributed by atoms with E-state index < -0.39 is 0 Å². The first-order valence-corrected chi connectivity index (χ1v) is 4.08. The van der Waals surface area contributed by atoms with Gasteiger partial charge in [-0.1, -0.05) is 0 Å². The van der Waals surface area contributed by atoms with Crippen molar-refractivity contribution >= 4 is 0 Å². The number of rotatable bonds is 1. The highest BCUT2D eigenvalue weighted by molar-refractivity contribution is 5.03. The Bertz CT molecular complexity index is 140. The Hall–Kier alpha value is -0.250. The number of hydrogen-bond donors (Lipinski definition) is 1. The largest absolute Gasteiger partial charge is 0.353 e. The molecule has 0 aromatic rings. The zero-order chi connectivity index (χ0) is 7.68. The molecule has 2 fully saturated rings. The third-order valence-corrected chi connectivity index (χ3v) is 2.33. The predicted molar refractivity (Wildman–Crippen MR) is 40.3 cm³/mol. The van der Waals surface area contributed by atoms with Gasteiger partial charge in [0.25, 0.3) is 6.10 Å². The Morgan fingerprint density at radius 2 is 2.55 bits per heavy atom. The molecule has 3 nitrogen and oxygen atoms in total. The molecular weight excluding hydrogens is 142 g/mol. The second-order valence-corrected chi connectivity index (χ2v) is 3.08. The van der Waals surface area contributed by atoms with Crippen LogP contribution < -0.4 is 0 Å². The molecule has 0 bridgehead atoms. The minimum absolute atomic E-state index is 0.0732. The van der Waals surface area contributed by atoms with Gasteiger partial charge in [0.15, 0.2) is 6.54 Å². The van der Waals surface area contributed by atoms with Crippen LogP contribution in [0.5, 0.6) is 0 Å². The number of aliphatic hydroxyl groups excluding tert-OH is 1. The highest BCUT2D eigenvalue weighted by Crippen LogP contribution is 2.30. The van der Waals surface area contributed by atoms with Crippen LogP contribution >= 0.6 is 0 Å². The summed E-state index contributed by atoms with van der Waals surface area (Å²) in [4.78, 5) is 2.31. The first-order valence-electron chi connectivity index (χ1n) is 4.08. The van der Waals surface area contributed by atoms with Gasteiger partial charge in [-0.25, -0.2) is 0 Å². The van der Waals surface area contributed by atoms with Crippen molar-refractivity contribution in [3.63, 3.8) is 0 Å². The van der Waals surface area contributed by atoms with Crippen molar-refractivity contribution in [2.24, 2.45) is 0 Å². The summed E-state index contributed by atoms with van der Waals surface area (Å²) in [6, 6.07) is 1.40. The number of aliphatic hydroxyl groups is 1. The maximum Gasteiger partial charge on any atom is 0.283 e. The van der Waals surface area contributed by atoms with Gasteiger partial charge < -0.3 is 5.11 Å². The van der Waals surface area contributed by atoms with Crippen LogP contribution in [0.4, 0.5) is 0 Å². The molecule has 2 aliphatic rings. The van der Waals surface area contributed by atoms with Gasteiger partial charge >= 0.3 is 0 Å². The van der Waals surface area contributed by atoms with E-state index in [9.17, 15) is 0 Å². The van der Waals surface area contributed by atoms with E-state index in [1.54, 1.807) is 0 Å². The molecule has 0 aliphatic carbocycles. The lowest BCUT2D eigenvalue weighted by atomic mass is 10.2. The summed E-state index contributed by atoms with van der Waals surface area (Å²) in [5.74, 6) is 0. The number of ether oxygens (including phenoxy) is 1. The molecule has 0 aromatic heterocycles. The third-order valence-electron chi connectivity index (χ3n) is 2.33. The lowest BCUT2D eigenvalue weighted by molar-refractivity contribution is 0.0303. The molecule has 11 heavy (non-hydrogen) atoms. The molecule has 0 atom stereocenters. The van der Waals surface area contributed by atoms with Gasteiger partial charge in [0.1, 0.15) is 6.61 Å². The van der Waals surface area contributed by atoms with Crippen LogP contribution in [-0.2, 0) is 4.74 Å². The SMILES string of the molecule is OC[C+]1CN2CCC[C]2CO1. The van der Waals surface area contributed by atoms with Crippen molar-refractivity contribution in [3.05, 3.63) is 12.1 Å². The summed E-state index contributed by atoms with van der Waals surface area (Å²) in [5, 5.41) is 8.81. The summed E-state index contributed by atoms with van der Waals surface area (Å²) in [5.41, 5.74) is 0. The Labute approximate surface area is 66.9 Å². The highest BCUT2D eigenvalue weighted by atomic mass is 16.5. The molecule has 1 N–H and O–H groups in total. The zero-order valence-electron chi connectivity index (χ0n) is 6.55. The van der Waals surface area contributed by atoms with Crippen molar-refractivity contribution < 1.29 is 9.84 Å². The van der Waals surface area contributed by atoms with Crippen LogP contribution in [0.1, 0.15) is 12.8 Å². The number of morpholine rings is 1. The lowest BCUT2D eigenvalue weighted by Gasteiger charge is -2.25. The van der Waals surface area contributed by atoms with Crippen LogP contribution in [-0.4, -0.2) is 36.3 Å². The molecule has 0 unspecified atom stereocenters. The van der Waals surface area contributed by atoms with Crippen LogP contribution in [0.2, 0.25) is 0 Å². The first kappa shape index (κ1) is 7.40. The van der Waals surface area contributed by atoms with Crippen molar-refractivity contribution in [1.82, 2.24) is 4.90 Å². The van der Waals surface area contributed by atoms with E-state index in [4.69, 9.17) is 9.84 Å². The molecule has 61 valence electrons. The monoisotopic (exact) mass is 155 g/mol. The van der Waals surface area contributed by atoms with Crippen molar-refractivity contribution in [1.29, 1.82) is 0 Å². The third kappa shape index (κ3) is 1.36. The standard InChI is InChI=1S/C8H13NO2/c10-5-8-4-9-3-1-2-7(9)6-11-8/h10H,1-6H2/q+1. The molecule has 0 amide bonds. The average Bonchev–Trinajstić information content (AvgIpc) is 2.50. The topological polar surface area (TPSA) is 32.7 Å². The fourth-order valence-electron chi connectivity index (χ4n) is 1.68. The molecule has 0 spiro atoms. The second-order valence-electron chi connectivity index (χ2n) is 3.08. The molecule has 2 rings (SSSR count). The summed E-state index contributed by atoms with van der Waals surface area (Å²) >= 11 is 0. The predicted octanol–water partition coefficient (Wildman–Crippen LogP) is 0.169. The average molecular weight is 155 g/mol. The molecule has 3 heteroatoms. The summed E-state index contributed by atoms with van der Waals surface area (Å²) < 4.78 is 5.33. The van der Waals surface area contributed by atoms with E-state index in [0.29, 0.717) is 6.61 Å².